The number of carbonyl (C=O) groups is 2. The van der Waals surface area contributed by atoms with Crippen LogP contribution in [0.2, 0.25) is 10.0 Å². The Kier molecular flexibility index (Phi) is 7.32. The van der Waals surface area contributed by atoms with Crippen LogP contribution in [0.15, 0.2) is 18.2 Å². The van der Waals surface area contributed by atoms with Gasteiger partial charge in [0, 0.05) is 22.6 Å². The minimum atomic E-state index is -0.360. The average molecular weight is 332 g/mol. The molecule has 0 aliphatic carbocycles. The van der Waals surface area contributed by atoms with Gasteiger partial charge in [0.15, 0.2) is 0 Å². The van der Waals surface area contributed by atoms with Crippen LogP contribution in [0.5, 0.6) is 0 Å². The van der Waals surface area contributed by atoms with Crippen molar-refractivity contribution in [3.63, 3.8) is 0 Å². The summed E-state index contributed by atoms with van der Waals surface area (Å²) in [7, 11) is 0. The molecule has 0 fully saturated rings. The summed E-state index contributed by atoms with van der Waals surface area (Å²) in [6.45, 7) is 4.06. The molecule has 116 valence electrons. The Bertz CT molecular complexity index is 507. The normalized spacial score (nSPS) is 10.3. The maximum absolute atomic E-state index is 11.6. The lowest BCUT2D eigenvalue weighted by molar-refractivity contribution is -0.120. The second kappa shape index (κ2) is 8.74. The predicted octanol–water partition coefficient (Wildman–Crippen LogP) is 2.36. The Hall–Kier alpha value is -1.46. The first kappa shape index (κ1) is 17.6. The van der Waals surface area contributed by atoms with Crippen LogP contribution in [0, 0.1) is 0 Å². The predicted molar refractivity (Wildman–Crippen MR) is 84.8 cm³/mol. The monoisotopic (exact) mass is 331 g/mol. The van der Waals surface area contributed by atoms with Crippen molar-refractivity contribution in [1.82, 2.24) is 16.0 Å². The van der Waals surface area contributed by atoms with Gasteiger partial charge >= 0.3 is 6.03 Å². The van der Waals surface area contributed by atoms with E-state index in [1.807, 2.05) is 19.9 Å². The third kappa shape index (κ3) is 7.20. The molecule has 0 unspecified atom stereocenters. The first-order chi connectivity index (χ1) is 9.88. The summed E-state index contributed by atoms with van der Waals surface area (Å²) in [5, 5.41) is 8.97. The van der Waals surface area contributed by atoms with Crippen molar-refractivity contribution in [2.75, 3.05) is 13.1 Å². The van der Waals surface area contributed by atoms with E-state index < -0.39 is 0 Å². The Morgan fingerprint density at radius 1 is 1.19 bits per heavy atom. The lowest BCUT2D eigenvalue weighted by Crippen LogP contribution is -2.44. The van der Waals surface area contributed by atoms with Crippen LogP contribution in [-0.2, 0) is 11.2 Å². The minimum Gasteiger partial charge on any atom is -0.354 e. The summed E-state index contributed by atoms with van der Waals surface area (Å²) in [5.74, 6) is -0.251. The summed E-state index contributed by atoms with van der Waals surface area (Å²) in [5.41, 5.74) is 0.909. The molecule has 7 heteroatoms. The molecule has 0 spiro atoms. The summed E-state index contributed by atoms with van der Waals surface area (Å²) in [6.07, 6.45) is 0.597. The molecular formula is C14H19Cl2N3O2. The van der Waals surface area contributed by atoms with Crippen LogP contribution in [0.1, 0.15) is 19.4 Å². The third-order valence-corrected chi connectivity index (χ3v) is 3.15. The third-order valence-electron chi connectivity index (χ3n) is 2.56. The largest absolute Gasteiger partial charge is 0.354 e. The molecule has 0 saturated carbocycles. The van der Waals surface area contributed by atoms with E-state index in [-0.39, 0.29) is 24.5 Å². The first-order valence-electron chi connectivity index (χ1n) is 6.63. The number of hydrogen-bond acceptors (Lipinski definition) is 2. The minimum absolute atomic E-state index is 0.0279. The van der Waals surface area contributed by atoms with Gasteiger partial charge in [0.05, 0.1) is 6.54 Å². The van der Waals surface area contributed by atoms with E-state index in [0.717, 1.165) is 5.56 Å². The van der Waals surface area contributed by atoms with Crippen molar-refractivity contribution in [2.45, 2.75) is 26.3 Å². The summed E-state index contributed by atoms with van der Waals surface area (Å²) < 4.78 is 0. The van der Waals surface area contributed by atoms with E-state index in [9.17, 15) is 9.59 Å². The van der Waals surface area contributed by atoms with Crippen LogP contribution in [0.3, 0.4) is 0 Å². The van der Waals surface area contributed by atoms with Gasteiger partial charge in [0.25, 0.3) is 0 Å². The number of urea groups is 1. The Balaban J connectivity index is 2.26. The van der Waals surface area contributed by atoms with Gasteiger partial charge in [-0.05, 0) is 38.0 Å². The molecule has 0 bridgehead atoms. The zero-order chi connectivity index (χ0) is 15.8. The molecule has 0 heterocycles. The van der Waals surface area contributed by atoms with Crippen molar-refractivity contribution < 1.29 is 9.59 Å². The maximum Gasteiger partial charge on any atom is 0.315 e. The number of halogens is 2. The summed E-state index contributed by atoms with van der Waals surface area (Å²) in [4.78, 5) is 22.9. The van der Waals surface area contributed by atoms with Crippen LogP contribution in [0.25, 0.3) is 0 Å². The topological polar surface area (TPSA) is 70.2 Å². The number of rotatable bonds is 6. The van der Waals surface area contributed by atoms with Gasteiger partial charge in [-0.1, -0.05) is 29.3 Å². The number of amides is 3. The molecule has 3 amide bonds. The quantitative estimate of drug-likeness (QED) is 0.748. The highest BCUT2D eigenvalue weighted by Gasteiger charge is 2.06. The number of hydrogen-bond donors (Lipinski definition) is 3. The van der Waals surface area contributed by atoms with E-state index in [2.05, 4.69) is 16.0 Å². The number of nitrogens with one attached hydrogen (secondary N) is 3. The first-order valence-corrected chi connectivity index (χ1v) is 7.39. The van der Waals surface area contributed by atoms with Crippen LogP contribution < -0.4 is 16.0 Å². The van der Waals surface area contributed by atoms with E-state index in [4.69, 9.17) is 23.2 Å². The summed E-state index contributed by atoms with van der Waals surface area (Å²) >= 11 is 11.8. The molecule has 0 aliphatic heterocycles. The van der Waals surface area contributed by atoms with Crippen molar-refractivity contribution >= 4 is 35.1 Å². The highest BCUT2D eigenvalue weighted by atomic mass is 35.5. The number of carbonyl (C=O) groups excluding carboxylic acids is 2. The molecule has 21 heavy (non-hydrogen) atoms. The van der Waals surface area contributed by atoms with E-state index in [1.165, 1.54) is 0 Å². The van der Waals surface area contributed by atoms with Gasteiger partial charge < -0.3 is 16.0 Å². The lowest BCUT2D eigenvalue weighted by atomic mass is 10.1. The van der Waals surface area contributed by atoms with E-state index in [1.54, 1.807) is 12.1 Å². The molecule has 0 aromatic heterocycles. The smallest absolute Gasteiger partial charge is 0.315 e. The SMILES string of the molecule is CC(C)NC(=O)NCC(=O)NCCc1ccc(Cl)cc1Cl. The fourth-order valence-corrected chi connectivity index (χ4v) is 2.10. The van der Waals surface area contributed by atoms with Gasteiger partial charge in [-0.25, -0.2) is 4.79 Å². The average Bonchev–Trinajstić information content (AvgIpc) is 2.38. The lowest BCUT2D eigenvalue weighted by Gasteiger charge is -2.10. The second-order valence-corrected chi connectivity index (χ2v) is 5.66. The molecule has 0 aliphatic rings. The van der Waals surface area contributed by atoms with Gasteiger partial charge in [-0.15, -0.1) is 0 Å². The zero-order valence-corrected chi connectivity index (χ0v) is 13.5. The van der Waals surface area contributed by atoms with Crippen molar-refractivity contribution in [3.05, 3.63) is 33.8 Å². The molecule has 0 saturated heterocycles. The molecule has 1 aromatic rings. The van der Waals surface area contributed by atoms with Crippen LogP contribution in [0.4, 0.5) is 4.79 Å². The van der Waals surface area contributed by atoms with Gasteiger partial charge in [-0.3, -0.25) is 4.79 Å². The Morgan fingerprint density at radius 3 is 2.52 bits per heavy atom. The van der Waals surface area contributed by atoms with E-state index in [0.29, 0.717) is 23.0 Å². The molecule has 1 aromatic carbocycles. The van der Waals surface area contributed by atoms with E-state index >= 15 is 0 Å². The molecule has 0 atom stereocenters. The van der Waals surface area contributed by atoms with Crippen molar-refractivity contribution in [1.29, 1.82) is 0 Å². The number of benzene rings is 1. The molecule has 0 radical (unpaired) electrons. The molecular weight excluding hydrogens is 313 g/mol. The zero-order valence-electron chi connectivity index (χ0n) is 12.0. The van der Waals surface area contributed by atoms with Gasteiger partial charge in [-0.2, -0.15) is 0 Å². The Morgan fingerprint density at radius 2 is 1.90 bits per heavy atom. The standard InChI is InChI=1S/C14H19Cl2N3O2/c1-9(2)19-14(21)18-8-13(20)17-6-5-10-3-4-11(15)7-12(10)16/h3-4,7,9H,5-6,8H2,1-2H3,(H,17,20)(H2,18,19,21). The van der Waals surface area contributed by atoms with Crippen molar-refractivity contribution in [3.8, 4) is 0 Å². The van der Waals surface area contributed by atoms with Crippen LogP contribution >= 0.6 is 23.2 Å². The highest BCUT2D eigenvalue weighted by Crippen LogP contribution is 2.20. The van der Waals surface area contributed by atoms with Gasteiger partial charge in [0.1, 0.15) is 0 Å². The van der Waals surface area contributed by atoms with Gasteiger partial charge in [0.2, 0.25) is 5.91 Å². The highest BCUT2D eigenvalue weighted by molar-refractivity contribution is 6.35. The van der Waals surface area contributed by atoms with Crippen LogP contribution in [-0.4, -0.2) is 31.1 Å². The maximum atomic E-state index is 11.6. The molecule has 5 nitrogen and oxygen atoms in total. The second-order valence-electron chi connectivity index (χ2n) is 4.82. The molecule has 1 rings (SSSR count). The fourth-order valence-electron chi connectivity index (χ4n) is 1.60. The summed E-state index contributed by atoms with van der Waals surface area (Å²) in [6, 6.07) is 4.91. The molecule has 3 N–H and O–H groups in total. The van der Waals surface area contributed by atoms with Crippen molar-refractivity contribution in [2.24, 2.45) is 0 Å². The fraction of sp³-hybridized carbons (Fsp3) is 0.429. The Labute approximate surface area is 134 Å².